The second kappa shape index (κ2) is 3.77. The molecule has 0 radical (unpaired) electrons. The molecule has 3 rings (SSSR count). The van der Waals surface area contributed by atoms with E-state index in [1.165, 1.54) is 0 Å². The van der Waals surface area contributed by atoms with Gasteiger partial charge in [-0.2, -0.15) is 0 Å². The molecule has 0 aromatic heterocycles. The van der Waals surface area contributed by atoms with Crippen molar-refractivity contribution < 1.29 is 4.74 Å². The quantitative estimate of drug-likeness (QED) is 0.663. The smallest absolute Gasteiger partial charge is 0.195 e. The molecule has 1 aromatic rings. The molecule has 2 aliphatic rings. The molecule has 5 nitrogen and oxygen atoms in total. The second-order valence-corrected chi connectivity index (χ2v) is 3.56. The number of nitrogens with zero attached hydrogens (tertiary/aromatic N) is 1. The third kappa shape index (κ3) is 1.67. The van der Waals surface area contributed by atoms with Crippen LogP contribution in [0.2, 0.25) is 0 Å². The number of benzene rings is 1. The fourth-order valence-electron chi connectivity index (χ4n) is 1.67. The van der Waals surface area contributed by atoms with E-state index in [9.17, 15) is 0 Å². The van der Waals surface area contributed by atoms with Gasteiger partial charge in [0, 0.05) is 24.5 Å². The van der Waals surface area contributed by atoms with Gasteiger partial charge in [-0.3, -0.25) is 4.99 Å². The number of hydrogen-bond donors (Lipinski definition) is 3. The zero-order chi connectivity index (χ0) is 10.8. The minimum Gasteiger partial charge on any atom is -0.461 e. The van der Waals surface area contributed by atoms with Crippen LogP contribution in [0, 0.1) is 0 Å². The Hall–Kier alpha value is -2.17. The van der Waals surface area contributed by atoms with Gasteiger partial charge in [-0.05, 0) is 12.1 Å². The van der Waals surface area contributed by atoms with Gasteiger partial charge in [0.15, 0.2) is 11.7 Å². The number of guanidine groups is 1. The Morgan fingerprint density at radius 1 is 1.38 bits per heavy atom. The lowest BCUT2D eigenvalue weighted by atomic mass is 10.2. The number of ether oxygens (including phenoxy) is 1. The van der Waals surface area contributed by atoms with Crippen LogP contribution in [0.25, 0.3) is 0 Å². The third-order valence-corrected chi connectivity index (χ3v) is 2.42. The Morgan fingerprint density at radius 3 is 3.25 bits per heavy atom. The van der Waals surface area contributed by atoms with Crippen molar-refractivity contribution in [1.82, 2.24) is 5.32 Å². The molecule has 0 atom stereocenters. The summed E-state index contributed by atoms with van der Waals surface area (Å²) in [6.07, 6.45) is 3.38. The molecule has 5 heteroatoms. The SMILES string of the molecule is C1=COc2cc(NC3=NCCN3)ccc2N1. The maximum absolute atomic E-state index is 5.39. The van der Waals surface area contributed by atoms with Crippen molar-refractivity contribution in [3.8, 4) is 5.75 Å². The maximum Gasteiger partial charge on any atom is 0.195 e. The first-order chi connectivity index (χ1) is 7.92. The molecule has 0 spiro atoms. The van der Waals surface area contributed by atoms with Crippen LogP contribution in [0.4, 0.5) is 11.4 Å². The highest BCUT2D eigenvalue weighted by Crippen LogP contribution is 2.30. The van der Waals surface area contributed by atoms with Gasteiger partial charge in [-0.1, -0.05) is 0 Å². The summed E-state index contributed by atoms with van der Waals surface area (Å²) < 4.78 is 5.39. The molecule has 0 amide bonds. The van der Waals surface area contributed by atoms with Crippen molar-refractivity contribution in [1.29, 1.82) is 0 Å². The normalized spacial score (nSPS) is 16.6. The van der Waals surface area contributed by atoms with Crippen LogP contribution in [-0.4, -0.2) is 19.0 Å². The van der Waals surface area contributed by atoms with E-state index in [-0.39, 0.29) is 0 Å². The molecule has 0 bridgehead atoms. The van der Waals surface area contributed by atoms with E-state index in [0.717, 1.165) is 36.2 Å². The van der Waals surface area contributed by atoms with E-state index in [1.807, 2.05) is 18.2 Å². The Morgan fingerprint density at radius 2 is 2.38 bits per heavy atom. The van der Waals surface area contributed by atoms with E-state index in [0.29, 0.717) is 0 Å². The molecule has 2 aliphatic heterocycles. The minimum absolute atomic E-state index is 0.811. The van der Waals surface area contributed by atoms with Gasteiger partial charge in [0.05, 0.1) is 12.2 Å². The molecule has 0 saturated heterocycles. The summed E-state index contributed by atoms with van der Waals surface area (Å²) in [7, 11) is 0. The molecule has 1 aromatic carbocycles. The molecular weight excluding hydrogens is 204 g/mol. The predicted octanol–water partition coefficient (Wildman–Crippen LogP) is 1.33. The topological polar surface area (TPSA) is 57.7 Å². The zero-order valence-electron chi connectivity index (χ0n) is 8.66. The molecule has 2 heterocycles. The fraction of sp³-hybridized carbons (Fsp3) is 0.182. The number of aliphatic imine (C=N–C) groups is 1. The predicted molar refractivity (Wildman–Crippen MR) is 63.8 cm³/mol. The van der Waals surface area contributed by atoms with E-state index < -0.39 is 0 Å². The molecule has 3 N–H and O–H groups in total. The van der Waals surface area contributed by atoms with Gasteiger partial charge in [0.25, 0.3) is 0 Å². The summed E-state index contributed by atoms with van der Waals surface area (Å²) in [5.41, 5.74) is 1.93. The summed E-state index contributed by atoms with van der Waals surface area (Å²) in [5, 5.41) is 9.46. The first-order valence-electron chi connectivity index (χ1n) is 5.19. The van der Waals surface area contributed by atoms with Gasteiger partial charge in [0.1, 0.15) is 6.26 Å². The molecular formula is C11H12N4O. The molecule has 82 valence electrons. The van der Waals surface area contributed by atoms with Crippen molar-refractivity contribution in [2.75, 3.05) is 23.7 Å². The van der Waals surface area contributed by atoms with Crippen LogP contribution in [0.5, 0.6) is 5.75 Å². The molecule has 0 unspecified atom stereocenters. The highest BCUT2D eigenvalue weighted by atomic mass is 16.5. The number of rotatable bonds is 1. The number of anilines is 2. The highest BCUT2D eigenvalue weighted by molar-refractivity contribution is 5.95. The molecule has 0 saturated carbocycles. The van der Waals surface area contributed by atoms with Crippen LogP contribution in [0.1, 0.15) is 0 Å². The van der Waals surface area contributed by atoms with Gasteiger partial charge < -0.3 is 20.7 Å². The summed E-state index contributed by atoms with van der Waals surface area (Å²) in [6, 6.07) is 5.89. The van der Waals surface area contributed by atoms with Crippen molar-refractivity contribution in [3.05, 3.63) is 30.7 Å². The maximum atomic E-state index is 5.39. The first kappa shape index (κ1) is 9.08. The van der Waals surface area contributed by atoms with Gasteiger partial charge in [0.2, 0.25) is 0 Å². The Kier molecular flexibility index (Phi) is 2.14. The van der Waals surface area contributed by atoms with Crippen LogP contribution < -0.4 is 20.7 Å². The van der Waals surface area contributed by atoms with Gasteiger partial charge in [-0.25, -0.2) is 0 Å². The summed E-state index contributed by atoms with van der Waals surface area (Å²) in [5.74, 6) is 1.63. The lowest BCUT2D eigenvalue weighted by Crippen LogP contribution is -2.26. The Labute approximate surface area is 93.2 Å². The summed E-state index contributed by atoms with van der Waals surface area (Å²) in [4.78, 5) is 4.27. The Bertz CT molecular complexity index is 467. The average molecular weight is 216 g/mol. The van der Waals surface area contributed by atoms with E-state index in [1.54, 1.807) is 12.5 Å². The largest absolute Gasteiger partial charge is 0.461 e. The zero-order valence-corrected chi connectivity index (χ0v) is 8.66. The van der Waals surface area contributed by atoms with Crippen LogP contribution in [0.3, 0.4) is 0 Å². The van der Waals surface area contributed by atoms with Crippen molar-refractivity contribution >= 4 is 17.3 Å². The average Bonchev–Trinajstić information content (AvgIpc) is 2.82. The Balaban J connectivity index is 1.81. The second-order valence-electron chi connectivity index (χ2n) is 3.56. The first-order valence-corrected chi connectivity index (χ1v) is 5.19. The van der Waals surface area contributed by atoms with Crippen molar-refractivity contribution in [3.63, 3.8) is 0 Å². The summed E-state index contributed by atoms with van der Waals surface area (Å²) in [6.45, 7) is 1.72. The lowest BCUT2D eigenvalue weighted by Gasteiger charge is -2.15. The number of nitrogens with one attached hydrogen (secondary N) is 3. The van der Waals surface area contributed by atoms with Crippen molar-refractivity contribution in [2.24, 2.45) is 4.99 Å². The van der Waals surface area contributed by atoms with E-state index in [4.69, 9.17) is 4.74 Å². The molecule has 0 aliphatic carbocycles. The van der Waals surface area contributed by atoms with Crippen LogP contribution in [0.15, 0.2) is 35.7 Å². The number of fused-ring (bicyclic) bond motifs is 1. The van der Waals surface area contributed by atoms with Crippen LogP contribution in [-0.2, 0) is 0 Å². The molecule has 0 fully saturated rings. The third-order valence-electron chi connectivity index (χ3n) is 2.42. The monoisotopic (exact) mass is 216 g/mol. The van der Waals surface area contributed by atoms with E-state index >= 15 is 0 Å². The highest BCUT2D eigenvalue weighted by Gasteiger charge is 2.09. The molecule has 16 heavy (non-hydrogen) atoms. The van der Waals surface area contributed by atoms with Crippen LogP contribution >= 0.6 is 0 Å². The van der Waals surface area contributed by atoms with Gasteiger partial charge in [-0.15, -0.1) is 0 Å². The number of hydrogen-bond acceptors (Lipinski definition) is 5. The fourth-order valence-corrected chi connectivity index (χ4v) is 1.67. The summed E-state index contributed by atoms with van der Waals surface area (Å²) >= 11 is 0. The lowest BCUT2D eigenvalue weighted by molar-refractivity contribution is 0.477. The standard InChI is InChI=1S/C11H12N4O/c1-2-9-10(16-6-5-12-9)7-8(1)15-11-13-3-4-14-11/h1-2,5-7,12H,3-4H2,(H2,13,14,15). The van der Waals surface area contributed by atoms with Gasteiger partial charge >= 0.3 is 0 Å². The minimum atomic E-state index is 0.811. The van der Waals surface area contributed by atoms with Crippen molar-refractivity contribution in [2.45, 2.75) is 0 Å². The van der Waals surface area contributed by atoms with E-state index in [2.05, 4.69) is 20.9 Å².